The Balaban J connectivity index is 1.92. The molecule has 2 heterocycles. The Morgan fingerprint density at radius 1 is 1.43 bits per heavy atom. The molecule has 0 fully saturated rings. The second kappa shape index (κ2) is 7.19. The molecule has 1 amide bonds. The molecule has 0 aliphatic rings. The topological polar surface area (TPSA) is 66.4 Å². The third-order valence-electron chi connectivity index (χ3n) is 2.77. The SMILES string of the molecule is CC(Cc1ccsc1)NC(=O)c1csc(C=CC(=O)O)c1. The Morgan fingerprint density at radius 3 is 2.90 bits per heavy atom. The minimum absolute atomic E-state index is 0.0463. The molecule has 0 aliphatic carbocycles. The molecule has 0 saturated carbocycles. The lowest BCUT2D eigenvalue weighted by Gasteiger charge is -2.12. The molecule has 2 aromatic heterocycles. The van der Waals surface area contributed by atoms with Gasteiger partial charge in [-0.25, -0.2) is 4.79 Å². The second-order valence-corrected chi connectivity index (χ2v) is 6.34. The van der Waals surface area contributed by atoms with E-state index in [4.69, 9.17) is 5.11 Å². The number of carboxylic acids is 1. The second-order valence-electron chi connectivity index (χ2n) is 4.62. The number of nitrogens with one attached hydrogen (secondary N) is 1. The van der Waals surface area contributed by atoms with Gasteiger partial charge in [0, 0.05) is 22.4 Å². The number of hydrogen-bond acceptors (Lipinski definition) is 4. The minimum Gasteiger partial charge on any atom is -0.478 e. The van der Waals surface area contributed by atoms with Crippen molar-refractivity contribution in [2.75, 3.05) is 0 Å². The maximum Gasteiger partial charge on any atom is 0.328 e. The molecule has 0 aromatic carbocycles. The first-order chi connectivity index (χ1) is 10.0. The van der Waals surface area contributed by atoms with Crippen molar-refractivity contribution < 1.29 is 14.7 Å². The van der Waals surface area contributed by atoms with Gasteiger partial charge in [0.05, 0.1) is 5.56 Å². The van der Waals surface area contributed by atoms with Crippen molar-refractivity contribution in [3.8, 4) is 0 Å². The Bertz CT molecular complexity index is 644. The van der Waals surface area contributed by atoms with Crippen LogP contribution in [0.25, 0.3) is 6.08 Å². The van der Waals surface area contributed by atoms with Gasteiger partial charge in [0.25, 0.3) is 5.91 Å². The van der Waals surface area contributed by atoms with Crippen LogP contribution in [0.3, 0.4) is 0 Å². The summed E-state index contributed by atoms with van der Waals surface area (Å²) in [6.45, 7) is 1.97. The molecule has 4 nitrogen and oxygen atoms in total. The van der Waals surface area contributed by atoms with E-state index in [0.29, 0.717) is 5.56 Å². The van der Waals surface area contributed by atoms with Gasteiger partial charge in [-0.2, -0.15) is 11.3 Å². The molecule has 1 unspecified atom stereocenters. The van der Waals surface area contributed by atoms with Crippen LogP contribution >= 0.6 is 22.7 Å². The largest absolute Gasteiger partial charge is 0.478 e. The van der Waals surface area contributed by atoms with E-state index < -0.39 is 5.97 Å². The van der Waals surface area contributed by atoms with E-state index in [1.807, 2.05) is 18.4 Å². The van der Waals surface area contributed by atoms with Gasteiger partial charge < -0.3 is 10.4 Å². The zero-order valence-corrected chi connectivity index (χ0v) is 13.0. The summed E-state index contributed by atoms with van der Waals surface area (Å²) in [7, 11) is 0. The van der Waals surface area contributed by atoms with Crippen LogP contribution in [0.5, 0.6) is 0 Å². The highest BCUT2D eigenvalue weighted by molar-refractivity contribution is 7.11. The van der Waals surface area contributed by atoms with Crippen molar-refractivity contribution in [3.63, 3.8) is 0 Å². The average molecular weight is 321 g/mol. The summed E-state index contributed by atoms with van der Waals surface area (Å²) in [6, 6.07) is 3.79. The highest BCUT2D eigenvalue weighted by Gasteiger charge is 2.12. The van der Waals surface area contributed by atoms with Crippen molar-refractivity contribution in [1.29, 1.82) is 0 Å². The highest BCUT2D eigenvalue weighted by Crippen LogP contribution is 2.17. The number of aliphatic carboxylic acids is 1. The van der Waals surface area contributed by atoms with Crippen LogP contribution in [0.2, 0.25) is 0 Å². The van der Waals surface area contributed by atoms with E-state index in [0.717, 1.165) is 17.4 Å². The van der Waals surface area contributed by atoms with E-state index in [2.05, 4.69) is 10.7 Å². The van der Waals surface area contributed by atoms with Crippen molar-refractivity contribution in [2.24, 2.45) is 0 Å². The van der Waals surface area contributed by atoms with Crippen LogP contribution in [0.1, 0.15) is 27.7 Å². The van der Waals surface area contributed by atoms with Gasteiger partial charge in [-0.05, 0) is 47.9 Å². The molecular formula is C15H15NO3S2. The Morgan fingerprint density at radius 2 is 2.24 bits per heavy atom. The van der Waals surface area contributed by atoms with Crippen LogP contribution in [0.4, 0.5) is 0 Å². The van der Waals surface area contributed by atoms with E-state index in [1.165, 1.54) is 23.0 Å². The number of carboxylic acid groups (broad SMARTS) is 1. The summed E-state index contributed by atoms with van der Waals surface area (Å²) in [5.41, 5.74) is 1.77. The number of thiophene rings is 2. The fourth-order valence-electron chi connectivity index (χ4n) is 1.83. The Hall–Kier alpha value is -1.92. The third kappa shape index (κ3) is 4.84. The van der Waals surface area contributed by atoms with Gasteiger partial charge in [-0.1, -0.05) is 0 Å². The first-order valence-electron chi connectivity index (χ1n) is 6.36. The predicted octanol–water partition coefficient (Wildman–Crippen LogP) is 3.27. The van der Waals surface area contributed by atoms with Gasteiger partial charge in [0.15, 0.2) is 0 Å². The average Bonchev–Trinajstić information content (AvgIpc) is 3.06. The van der Waals surface area contributed by atoms with Crippen molar-refractivity contribution in [3.05, 3.63) is 50.4 Å². The highest BCUT2D eigenvalue weighted by atomic mass is 32.1. The van der Waals surface area contributed by atoms with Crippen LogP contribution < -0.4 is 5.32 Å². The summed E-state index contributed by atoms with van der Waals surface area (Å²) in [4.78, 5) is 23.3. The molecule has 0 aliphatic heterocycles. The number of hydrogen-bond donors (Lipinski definition) is 2. The van der Waals surface area contributed by atoms with Crippen LogP contribution in [-0.2, 0) is 11.2 Å². The van der Waals surface area contributed by atoms with E-state index >= 15 is 0 Å². The Kier molecular flexibility index (Phi) is 5.30. The number of carbonyl (C=O) groups is 2. The lowest BCUT2D eigenvalue weighted by molar-refractivity contribution is -0.131. The molecule has 0 saturated heterocycles. The van der Waals surface area contributed by atoms with Gasteiger partial charge >= 0.3 is 5.97 Å². The maximum absolute atomic E-state index is 12.1. The lowest BCUT2D eigenvalue weighted by Crippen LogP contribution is -2.33. The molecule has 21 heavy (non-hydrogen) atoms. The third-order valence-corrected chi connectivity index (χ3v) is 4.40. The predicted molar refractivity (Wildman–Crippen MR) is 85.9 cm³/mol. The molecule has 0 spiro atoms. The molecule has 0 radical (unpaired) electrons. The summed E-state index contributed by atoms with van der Waals surface area (Å²) < 4.78 is 0. The first-order valence-corrected chi connectivity index (χ1v) is 8.18. The standard InChI is InChI=1S/C15H15NO3S2/c1-10(6-11-4-5-20-8-11)16-15(19)12-7-13(21-9-12)2-3-14(17)18/h2-5,7-10H,6H2,1H3,(H,16,19)(H,17,18). The normalized spacial score (nSPS) is 12.4. The molecule has 0 bridgehead atoms. The maximum atomic E-state index is 12.1. The smallest absolute Gasteiger partial charge is 0.328 e. The van der Waals surface area contributed by atoms with Crippen molar-refractivity contribution in [1.82, 2.24) is 5.32 Å². The minimum atomic E-state index is -1.00. The zero-order valence-electron chi connectivity index (χ0n) is 11.4. The summed E-state index contributed by atoms with van der Waals surface area (Å²) in [6.07, 6.45) is 3.34. The fraction of sp³-hybridized carbons (Fsp3) is 0.200. The molecule has 2 N–H and O–H groups in total. The molecule has 6 heteroatoms. The molecule has 2 aromatic rings. The van der Waals surface area contributed by atoms with E-state index in [1.54, 1.807) is 22.8 Å². The van der Waals surface area contributed by atoms with Crippen molar-refractivity contribution >= 4 is 40.6 Å². The zero-order chi connectivity index (χ0) is 15.2. The molecule has 110 valence electrons. The summed E-state index contributed by atoms with van der Waals surface area (Å²) in [5, 5.41) is 17.3. The van der Waals surface area contributed by atoms with Crippen LogP contribution in [0.15, 0.2) is 34.3 Å². The lowest BCUT2D eigenvalue weighted by atomic mass is 10.1. The summed E-state index contributed by atoms with van der Waals surface area (Å²) >= 11 is 2.98. The van der Waals surface area contributed by atoms with E-state index in [-0.39, 0.29) is 11.9 Å². The monoisotopic (exact) mass is 321 g/mol. The van der Waals surface area contributed by atoms with Crippen molar-refractivity contribution in [2.45, 2.75) is 19.4 Å². The Labute approximate surface area is 130 Å². The quantitative estimate of drug-likeness (QED) is 0.803. The summed E-state index contributed by atoms with van der Waals surface area (Å²) in [5.74, 6) is -1.14. The van der Waals surface area contributed by atoms with Crippen LogP contribution in [-0.4, -0.2) is 23.0 Å². The van der Waals surface area contributed by atoms with Gasteiger partial charge in [-0.3, -0.25) is 4.79 Å². The first kappa shape index (κ1) is 15.5. The van der Waals surface area contributed by atoms with Gasteiger partial charge in [0.1, 0.15) is 0 Å². The number of amides is 1. The van der Waals surface area contributed by atoms with E-state index in [9.17, 15) is 9.59 Å². The van der Waals surface area contributed by atoms with Crippen LogP contribution in [0, 0.1) is 0 Å². The number of carbonyl (C=O) groups excluding carboxylic acids is 1. The van der Waals surface area contributed by atoms with Gasteiger partial charge in [-0.15, -0.1) is 11.3 Å². The molecule has 1 atom stereocenters. The fourth-order valence-corrected chi connectivity index (χ4v) is 3.29. The van der Waals surface area contributed by atoms with Gasteiger partial charge in [0.2, 0.25) is 0 Å². The molecular weight excluding hydrogens is 306 g/mol. The number of rotatable bonds is 6. The molecule has 2 rings (SSSR count).